The highest BCUT2D eigenvalue weighted by Crippen LogP contribution is 2.32. The van der Waals surface area contributed by atoms with Crippen LogP contribution in [0.15, 0.2) is 421 Å². The van der Waals surface area contributed by atoms with E-state index in [0.717, 1.165) is 122 Å². The van der Waals surface area contributed by atoms with Crippen molar-refractivity contribution in [3.05, 3.63) is 427 Å². The second kappa shape index (κ2) is 38.5. The van der Waals surface area contributed by atoms with Gasteiger partial charge in [-0.25, -0.2) is 0 Å². The maximum absolute atomic E-state index is 4.35. The maximum Gasteiger partial charge on any atom is 0.0722 e. The average Bonchev–Trinajstić information content (AvgIpc) is 0.825. The molecule has 556 valence electrons. The maximum atomic E-state index is 4.35. The highest BCUT2D eigenvalue weighted by molar-refractivity contribution is 5.98. The van der Waals surface area contributed by atoms with Gasteiger partial charge in [-0.1, -0.05) is 91.0 Å². The molecule has 0 fully saturated rings. The van der Waals surface area contributed by atoms with Crippen LogP contribution in [-0.2, 0) is 0 Å². The Balaban J connectivity index is 0.000000106. The van der Waals surface area contributed by atoms with Gasteiger partial charge in [0.2, 0.25) is 0 Å². The highest BCUT2D eigenvalue weighted by Gasteiger charge is 2.09. The number of aromatic nitrogens is 14. The van der Waals surface area contributed by atoms with Crippen molar-refractivity contribution in [2.75, 3.05) is 16.0 Å². The standard InChI is InChI=1S/C15H13N3.2C14H11N3.4C14H10N2/c1-11-13(8-4-9-16-11)18-15-7-2-6-14-12(15)5-3-10-17-14;1-6-13-12(5-3-9-16-13)14(7-1)17-11-4-2-8-15-10-11;1-4-13-12(3-2-8-16-13)14(5-1)17-11-6-9-15-10-7-11;1-5-12(11-4-2-8-15-10-11)13-6-3-9-16-14(13)7-1;1-4-13(10-15-7-1)11-5-6-14-12(9-11)3-2-8-16-14;1-3-12(11-6-9-15-10-7-11)13-4-2-8-16-14(13)5-1;1-2-13-10-12(3-4-14(13)16-7-1)11-5-8-15-9-6-11/h2-10,18H,1H3;1-10,17H;1-10H,(H,15,17);4*1-10H. The molecule has 0 unspecified atom stereocenters. The van der Waals surface area contributed by atoms with Crippen LogP contribution >= 0.6 is 0 Å². The van der Waals surface area contributed by atoms with E-state index in [1.54, 1.807) is 62.0 Å². The van der Waals surface area contributed by atoms with Crippen molar-refractivity contribution >= 4 is 110 Å². The van der Waals surface area contributed by atoms with Crippen LogP contribution in [0, 0.1) is 6.92 Å². The summed E-state index contributed by atoms with van der Waals surface area (Å²) >= 11 is 0. The first-order valence-corrected chi connectivity index (χ1v) is 37.5. The summed E-state index contributed by atoms with van der Waals surface area (Å²) in [4.78, 5) is 59.0. The number of hydrogen-bond acceptors (Lipinski definition) is 17. The third-order valence-corrected chi connectivity index (χ3v) is 18.6. The number of rotatable bonds is 10. The fourth-order valence-corrected chi connectivity index (χ4v) is 12.9. The molecule has 0 saturated carbocycles. The molecule has 0 bridgehead atoms. The molecule has 17 nitrogen and oxygen atoms in total. The van der Waals surface area contributed by atoms with Crippen molar-refractivity contribution in [1.82, 2.24) is 69.8 Å². The smallest absolute Gasteiger partial charge is 0.0722 e. The molecule has 0 atom stereocenters. The molecule has 0 spiro atoms. The summed E-state index contributed by atoms with van der Waals surface area (Å²) in [6, 6.07) is 99.0. The first kappa shape index (κ1) is 75.3. The van der Waals surface area contributed by atoms with Crippen LogP contribution in [0.1, 0.15) is 5.69 Å². The van der Waals surface area contributed by atoms with Gasteiger partial charge >= 0.3 is 0 Å². The lowest BCUT2D eigenvalue weighted by Gasteiger charge is -2.10. The largest absolute Gasteiger partial charge is 0.355 e. The Labute approximate surface area is 670 Å². The highest BCUT2D eigenvalue weighted by atomic mass is 14.9. The number of fused-ring (bicyclic) bond motifs is 7. The number of nitrogens with zero attached hydrogens (tertiary/aromatic N) is 14. The first-order chi connectivity index (χ1) is 57.5. The zero-order chi connectivity index (χ0) is 78.6. The number of aryl methyl sites for hydroxylation is 1. The zero-order valence-electron chi connectivity index (χ0n) is 63.1. The fourth-order valence-electron chi connectivity index (χ4n) is 12.9. The summed E-state index contributed by atoms with van der Waals surface area (Å²) in [6.07, 6.45) is 36.1. The number of nitrogens with one attached hydrogen (secondary N) is 3. The van der Waals surface area contributed by atoms with Crippen LogP contribution in [0.3, 0.4) is 0 Å². The minimum Gasteiger partial charge on any atom is -0.355 e. The fraction of sp³-hybridized carbons (Fsp3) is 0.0101. The molecule has 7 aromatic carbocycles. The van der Waals surface area contributed by atoms with Gasteiger partial charge < -0.3 is 16.0 Å². The van der Waals surface area contributed by atoms with Gasteiger partial charge in [-0.05, 0) is 247 Å². The molecule has 21 rings (SSSR count). The number of anilines is 6. The van der Waals surface area contributed by atoms with E-state index in [1.165, 1.54) is 38.8 Å². The van der Waals surface area contributed by atoms with Crippen LogP contribution in [0.4, 0.5) is 34.1 Å². The molecule has 14 heterocycles. The molecule has 0 amide bonds. The van der Waals surface area contributed by atoms with E-state index in [1.807, 2.05) is 269 Å². The summed E-state index contributed by atoms with van der Waals surface area (Å²) in [5.74, 6) is 0. The quantitative estimate of drug-likeness (QED) is 0.116. The summed E-state index contributed by atoms with van der Waals surface area (Å²) in [6.45, 7) is 1.99. The molecule has 0 saturated heterocycles. The van der Waals surface area contributed by atoms with Gasteiger partial charge in [0.15, 0.2) is 0 Å². The second-order valence-corrected chi connectivity index (χ2v) is 26.1. The lowest BCUT2D eigenvalue weighted by Crippen LogP contribution is -1.95. The Morgan fingerprint density at radius 3 is 1.01 bits per heavy atom. The molecule has 0 aliphatic heterocycles. The van der Waals surface area contributed by atoms with Crippen molar-refractivity contribution in [2.24, 2.45) is 0 Å². The Morgan fingerprint density at radius 2 is 0.543 bits per heavy atom. The summed E-state index contributed by atoms with van der Waals surface area (Å²) in [5, 5.41) is 18.1. The molecule has 0 aliphatic rings. The summed E-state index contributed by atoms with van der Waals surface area (Å²) in [5.41, 5.74) is 23.6. The lowest BCUT2D eigenvalue weighted by atomic mass is 10.0. The monoisotopic (exact) mass is 1500 g/mol. The van der Waals surface area contributed by atoms with Crippen molar-refractivity contribution in [1.29, 1.82) is 0 Å². The van der Waals surface area contributed by atoms with Gasteiger partial charge in [0.05, 0.1) is 61.9 Å². The summed E-state index contributed by atoms with van der Waals surface area (Å²) in [7, 11) is 0. The average molecular weight is 1500 g/mol. The Bertz CT molecular complexity index is 6340. The molecule has 0 radical (unpaired) electrons. The van der Waals surface area contributed by atoms with E-state index in [9.17, 15) is 0 Å². The molecule has 3 N–H and O–H groups in total. The molecule has 17 heteroatoms. The van der Waals surface area contributed by atoms with Gasteiger partial charge in [0.25, 0.3) is 0 Å². The minimum atomic E-state index is 0.976. The van der Waals surface area contributed by atoms with Gasteiger partial charge in [-0.15, -0.1) is 0 Å². The second-order valence-electron chi connectivity index (χ2n) is 26.1. The predicted octanol–water partition coefficient (Wildman–Crippen LogP) is 23.6. The summed E-state index contributed by atoms with van der Waals surface area (Å²) < 4.78 is 0. The van der Waals surface area contributed by atoms with Crippen LogP contribution in [0.5, 0.6) is 0 Å². The first-order valence-electron chi connectivity index (χ1n) is 37.5. The molecule has 14 aromatic heterocycles. The third kappa shape index (κ3) is 19.7. The Morgan fingerprint density at radius 1 is 0.190 bits per heavy atom. The normalized spacial score (nSPS) is 10.5. The minimum absolute atomic E-state index is 0.976. The third-order valence-electron chi connectivity index (χ3n) is 18.6. The van der Waals surface area contributed by atoms with E-state index >= 15 is 0 Å². The lowest BCUT2D eigenvalue weighted by molar-refractivity contribution is 1.20. The number of pyridine rings is 14. The molecule has 116 heavy (non-hydrogen) atoms. The van der Waals surface area contributed by atoms with Crippen molar-refractivity contribution in [3.8, 4) is 44.5 Å². The van der Waals surface area contributed by atoms with Crippen molar-refractivity contribution in [3.63, 3.8) is 0 Å². The van der Waals surface area contributed by atoms with E-state index in [-0.39, 0.29) is 0 Å². The van der Waals surface area contributed by atoms with Gasteiger partial charge in [-0.3, -0.25) is 69.8 Å². The van der Waals surface area contributed by atoms with E-state index in [4.69, 9.17) is 0 Å². The van der Waals surface area contributed by atoms with E-state index < -0.39 is 0 Å². The van der Waals surface area contributed by atoms with Gasteiger partial charge in [0, 0.05) is 189 Å². The van der Waals surface area contributed by atoms with Gasteiger partial charge in [-0.2, -0.15) is 0 Å². The predicted molar refractivity (Wildman–Crippen MR) is 472 cm³/mol. The van der Waals surface area contributed by atoms with Crippen molar-refractivity contribution < 1.29 is 0 Å². The Kier molecular flexibility index (Phi) is 25.0. The van der Waals surface area contributed by atoms with Crippen LogP contribution in [0.25, 0.3) is 121 Å². The van der Waals surface area contributed by atoms with Gasteiger partial charge in [0.1, 0.15) is 0 Å². The number of benzene rings is 7. The zero-order valence-corrected chi connectivity index (χ0v) is 63.1. The molecule has 21 aromatic rings. The SMILES string of the molecule is Cc1ncccc1Nc1cccc2ncccc12.c1cc(-c2ccncc2)c2cccnc2c1.c1cc(Nc2ccncc2)c2cccnc2c1.c1cnc2ccc(-c3ccncc3)cc2c1.c1cncc(-c2ccc3ncccc3c2)c1.c1cncc(-c2cccc3ncccc23)c1.c1cncc(Nc2cccc3ncccc23)c1. The Hall–Kier alpha value is -16.1. The molecular weight excluding hydrogens is 1430 g/mol. The molecule has 0 aliphatic carbocycles. The van der Waals surface area contributed by atoms with Crippen molar-refractivity contribution in [2.45, 2.75) is 6.92 Å². The van der Waals surface area contributed by atoms with Crippen LogP contribution in [0.2, 0.25) is 0 Å². The van der Waals surface area contributed by atoms with E-state index in [0.29, 0.717) is 0 Å². The number of hydrogen-bond donors (Lipinski definition) is 3. The van der Waals surface area contributed by atoms with E-state index in [2.05, 4.69) is 183 Å². The van der Waals surface area contributed by atoms with Crippen LogP contribution < -0.4 is 16.0 Å². The van der Waals surface area contributed by atoms with Crippen LogP contribution in [-0.4, -0.2) is 69.8 Å². The molecular formula is C99H75N17. The topological polar surface area (TPSA) is 217 Å².